The quantitative estimate of drug-likeness (QED) is 0.674. The lowest BCUT2D eigenvalue weighted by atomic mass is 10.1. The zero-order chi connectivity index (χ0) is 14.3. The van der Waals surface area contributed by atoms with Crippen molar-refractivity contribution < 1.29 is 4.39 Å². The van der Waals surface area contributed by atoms with Gasteiger partial charge in [-0.15, -0.1) is 0 Å². The number of halogens is 1. The fraction of sp³-hybridized carbons (Fsp3) is 0.188. The molecule has 4 heteroatoms. The minimum atomic E-state index is -0.205. The van der Waals surface area contributed by atoms with E-state index in [1.54, 1.807) is 12.1 Å². The molecule has 0 bridgehead atoms. The Balaban J connectivity index is 2.22. The van der Waals surface area contributed by atoms with E-state index in [-0.39, 0.29) is 11.9 Å². The number of nitrogens with one attached hydrogen (secondary N) is 1. The van der Waals surface area contributed by atoms with Crippen molar-refractivity contribution in [2.75, 3.05) is 0 Å². The molecule has 0 fully saturated rings. The summed E-state index contributed by atoms with van der Waals surface area (Å²) < 4.78 is 16.5. The van der Waals surface area contributed by atoms with Gasteiger partial charge in [0.2, 0.25) is 0 Å². The molecule has 0 amide bonds. The van der Waals surface area contributed by atoms with Gasteiger partial charge in [0.15, 0.2) is 4.77 Å². The van der Waals surface area contributed by atoms with Gasteiger partial charge < -0.3 is 9.55 Å². The third-order valence-electron chi connectivity index (χ3n) is 3.61. The summed E-state index contributed by atoms with van der Waals surface area (Å²) in [4.78, 5) is 3.19. The highest BCUT2D eigenvalue weighted by atomic mass is 32.1. The van der Waals surface area contributed by atoms with Crippen LogP contribution in [0.4, 0.5) is 4.39 Å². The number of imidazole rings is 1. The molecule has 0 aliphatic heterocycles. The number of fused-ring (bicyclic) bond motifs is 1. The number of aryl methyl sites for hydroxylation is 1. The maximum atomic E-state index is 14.0. The second kappa shape index (κ2) is 4.87. The molecule has 0 aliphatic carbocycles. The number of H-pyrrole nitrogens is 1. The Morgan fingerprint density at radius 3 is 2.70 bits per heavy atom. The average molecular weight is 286 g/mol. The van der Waals surface area contributed by atoms with Crippen LogP contribution in [0, 0.1) is 17.5 Å². The first-order valence-electron chi connectivity index (χ1n) is 6.53. The van der Waals surface area contributed by atoms with Gasteiger partial charge in [-0.2, -0.15) is 0 Å². The Morgan fingerprint density at radius 2 is 1.95 bits per heavy atom. The second-order valence-corrected chi connectivity index (χ2v) is 5.40. The topological polar surface area (TPSA) is 20.7 Å². The van der Waals surface area contributed by atoms with Crippen molar-refractivity contribution >= 4 is 23.3 Å². The van der Waals surface area contributed by atoms with E-state index in [2.05, 4.69) is 11.1 Å². The molecule has 102 valence electrons. The highest BCUT2D eigenvalue weighted by molar-refractivity contribution is 7.71. The molecule has 0 spiro atoms. The van der Waals surface area contributed by atoms with Crippen molar-refractivity contribution in [2.45, 2.75) is 19.9 Å². The summed E-state index contributed by atoms with van der Waals surface area (Å²) in [6.07, 6.45) is 0. The minimum absolute atomic E-state index is 0.153. The lowest BCUT2D eigenvalue weighted by Crippen LogP contribution is -2.08. The van der Waals surface area contributed by atoms with E-state index in [0.29, 0.717) is 10.3 Å². The van der Waals surface area contributed by atoms with Crippen LogP contribution in [0.25, 0.3) is 11.0 Å². The predicted molar refractivity (Wildman–Crippen MR) is 82.1 cm³/mol. The first-order chi connectivity index (χ1) is 9.58. The number of benzene rings is 2. The normalized spacial score (nSPS) is 12.8. The lowest BCUT2D eigenvalue weighted by molar-refractivity contribution is 0.561. The van der Waals surface area contributed by atoms with E-state index in [0.717, 1.165) is 11.0 Å². The SMILES string of the molecule is Cc1ccc2c(c1)[nH]c(=S)n2C(C)c1ccccc1F. The van der Waals surface area contributed by atoms with Gasteiger partial charge in [-0.25, -0.2) is 4.39 Å². The van der Waals surface area contributed by atoms with Gasteiger partial charge in [-0.3, -0.25) is 0 Å². The Kier molecular flexibility index (Phi) is 3.18. The summed E-state index contributed by atoms with van der Waals surface area (Å²) >= 11 is 5.40. The average Bonchev–Trinajstić information content (AvgIpc) is 2.73. The van der Waals surface area contributed by atoms with Crippen molar-refractivity contribution in [3.63, 3.8) is 0 Å². The largest absolute Gasteiger partial charge is 0.331 e. The maximum absolute atomic E-state index is 14.0. The van der Waals surface area contributed by atoms with Crippen molar-refractivity contribution in [2.24, 2.45) is 0 Å². The van der Waals surface area contributed by atoms with Gasteiger partial charge in [-0.05, 0) is 49.8 Å². The van der Waals surface area contributed by atoms with E-state index in [9.17, 15) is 4.39 Å². The summed E-state index contributed by atoms with van der Waals surface area (Å²) in [5.41, 5.74) is 3.79. The van der Waals surface area contributed by atoms with Crippen LogP contribution in [0.5, 0.6) is 0 Å². The van der Waals surface area contributed by atoms with Crippen molar-refractivity contribution in [1.29, 1.82) is 0 Å². The fourth-order valence-electron chi connectivity index (χ4n) is 2.58. The monoisotopic (exact) mass is 286 g/mol. The molecular weight excluding hydrogens is 271 g/mol. The smallest absolute Gasteiger partial charge is 0.178 e. The standard InChI is InChI=1S/C16H15FN2S/c1-10-7-8-15-14(9-10)18-16(20)19(15)11(2)12-5-3-4-6-13(12)17/h3-9,11H,1-2H3,(H,18,20). The Morgan fingerprint density at radius 1 is 1.20 bits per heavy atom. The highest BCUT2D eigenvalue weighted by Gasteiger charge is 2.16. The van der Waals surface area contributed by atoms with Crippen LogP contribution < -0.4 is 0 Å². The van der Waals surface area contributed by atoms with Crippen LogP contribution in [0.3, 0.4) is 0 Å². The molecule has 3 aromatic rings. The van der Waals surface area contributed by atoms with E-state index in [4.69, 9.17) is 12.2 Å². The fourth-order valence-corrected chi connectivity index (χ4v) is 2.95. The molecule has 1 aromatic heterocycles. The van der Waals surface area contributed by atoms with E-state index in [1.165, 1.54) is 11.6 Å². The Labute approximate surface area is 121 Å². The molecule has 1 atom stereocenters. The molecule has 2 nitrogen and oxygen atoms in total. The van der Waals surface area contributed by atoms with E-state index in [1.807, 2.05) is 36.6 Å². The summed E-state index contributed by atoms with van der Waals surface area (Å²) in [5.74, 6) is -0.205. The Hall–Kier alpha value is -1.94. The molecule has 1 N–H and O–H groups in total. The molecule has 1 unspecified atom stereocenters. The van der Waals surface area contributed by atoms with Crippen molar-refractivity contribution in [3.05, 3.63) is 64.2 Å². The lowest BCUT2D eigenvalue weighted by Gasteiger charge is -2.16. The van der Waals surface area contributed by atoms with Gasteiger partial charge in [0.05, 0.1) is 17.1 Å². The maximum Gasteiger partial charge on any atom is 0.178 e. The Bertz CT molecular complexity index is 832. The number of aromatic nitrogens is 2. The van der Waals surface area contributed by atoms with Crippen LogP contribution in [-0.2, 0) is 0 Å². The van der Waals surface area contributed by atoms with Gasteiger partial charge >= 0.3 is 0 Å². The molecule has 20 heavy (non-hydrogen) atoms. The van der Waals surface area contributed by atoms with Crippen molar-refractivity contribution in [3.8, 4) is 0 Å². The highest BCUT2D eigenvalue weighted by Crippen LogP contribution is 2.26. The number of nitrogens with zero attached hydrogens (tertiary/aromatic N) is 1. The number of aromatic amines is 1. The molecule has 0 radical (unpaired) electrons. The molecular formula is C16H15FN2S. The molecule has 0 aliphatic rings. The summed E-state index contributed by atoms with van der Waals surface area (Å²) in [6, 6.07) is 12.8. The molecule has 0 saturated heterocycles. The van der Waals surface area contributed by atoms with Gasteiger partial charge in [0, 0.05) is 5.56 Å². The first kappa shape index (κ1) is 13.1. The zero-order valence-corrected chi connectivity index (χ0v) is 12.2. The summed E-state index contributed by atoms with van der Waals surface area (Å²) in [5, 5.41) is 0. The van der Waals surface area contributed by atoms with Crippen LogP contribution in [0.2, 0.25) is 0 Å². The van der Waals surface area contributed by atoms with Gasteiger partial charge in [0.25, 0.3) is 0 Å². The van der Waals surface area contributed by atoms with Crippen LogP contribution >= 0.6 is 12.2 Å². The van der Waals surface area contributed by atoms with Crippen molar-refractivity contribution in [1.82, 2.24) is 9.55 Å². The number of rotatable bonds is 2. The summed E-state index contributed by atoms with van der Waals surface area (Å²) in [6.45, 7) is 4.00. The molecule has 0 saturated carbocycles. The zero-order valence-electron chi connectivity index (χ0n) is 11.4. The minimum Gasteiger partial charge on any atom is -0.331 e. The van der Waals surface area contributed by atoms with Gasteiger partial charge in [-0.1, -0.05) is 24.3 Å². The van der Waals surface area contributed by atoms with Gasteiger partial charge in [0.1, 0.15) is 5.82 Å². The third kappa shape index (κ3) is 2.06. The van der Waals surface area contributed by atoms with Crippen LogP contribution in [0.15, 0.2) is 42.5 Å². The predicted octanol–water partition coefficient (Wildman–Crippen LogP) is 4.76. The molecule has 1 heterocycles. The van der Waals surface area contributed by atoms with Crippen LogP contribution in [0.1, 0.15) is 24.1 Å². The van der Waals surface area contributed by atoms with E-state index < -0.39 is 0 Å². The first-order valence-corrected chi connectivity index (χ1v) is 6.94. The van der Waals surface area contributed by atoms with Crippen LogP contribution in [-0.4, -0.2) is 9.55 Å². The molecule has 2 aromatic carbocycles. The van der Waals surface area contributed by atoms with E-state index >= 15 is 0 Å². The molecule has 3 rings (SSSR count). The number of hydrogen-bond donors (Lipinski definition) is 1. The summed E-state index contributed by atoms with van der Waals surface area (Å²) in [7, 11) is 0. The number of hydrogen-bond acceptors (Lipinski definition) is 1. The second-order valence-electron chi connectivity index (χ2n) is 5.02. The third-order valence-corrected chi connectivity index (χ3v) is 3.91.